The minimum Gasteiger partial charge on any atom is 1.00 e. The van der Waals surface area contributed by atoms with Crippen LogP contribution in [0.1, 0.15) is 0 Å². The summed E-state index contributed by atoms with van der Waals surface area (Å²) in [6.07, 6.45) is 0. The molecule has 8 heteroatoms. The summed E-state index contributed by atoms with van der Waals surface area (Å²) in [6.45, 7) is 0. The Balaban J connectivity index is 0.000000720. The van der Waals surface area contributed by atoms with E-state index in [1.165, 1.54) is 17.7 Å². The molecule has 2 heterocycles. The number of carboxylic acid groups (broad SMARTS) is 1. The van der Waals surface area contributed by atoms with Crippen molar-refractivity contribution in [3.05, 3.63) is 0 Å². The predicted octanol–water partition coefficient (Wildman–Crippen LogP) is -4.50. The predicted molar refractivity (Wildman–Crippen MR) is 39.6 cm³/mol. The first-order valence-electron chi connectivity index (χ1n) is 2.75. The van der Waals surface area contributed by atoms with Crippen molar-refractivity contribution in [2.45, 2.75) is 10.5 Å². The molecule has 0 radical (unpaired) electrons. The van der Waals surface area contributed by atoms with Gasteiger partial charge in [-0.1, -0.05) is 0 Å². The van der Waals surface area contributed by atoms with Crippen molar-refractivity contribution in [3.8, 4) is 0 Å². The summed E-state index contributed by atoms with van der Waals surface area (Å²) < 4.78 is 4.92. The summed E-state index contributed by atoms with van der Waals surface area (Å²) in [5.41, 5.74) is 0. The minimum atomic E-state index is -2.00. The maximum Gasteiger partial charge on any atom is 1.00 e. The summed E-state index contributed by atoms with van der Waals surface area (Å²) in [6, 6.07) is 0. The van der Waals surface area contributed by atoms with E-state index in [1.807, 2.05) is 0 Å². The molecule has 2 unspecified atom stereocenters. The second-order valence-electron chi connectivity index (χ2n) is 2.00. The van der Waals surface area contributed by atoms with Gasteiger partial charge in [0.05, 0.1) is 0 Å². The zero-order valence-corrected chi connectivity index (χ0v) is 12.2. The van der Waals surface area contributed by atoms with Gasteiger partial charge in [-0.2, -0.15) is 0 Å². The molecule has 0 amide bonds. The van der Waals surface area contributed by atoms with E-state index in [0.29, 0.717) is 0 Å². The molecule has 2 aliphatic rings. The van der Waals surface area contributed by atoms with Crippen LogP contribution in [0.3, 0.4) is 0 Å². The van der Waals surface area contributed by atoms with E-state index in [9.17, 15) is 14.7 Å². The maximum atomic E-state index is 10.8. The Hall–Kier alpha value is 1.46. The molecule has 2 fully saturated rings. The molecule has 0 N–H and O–H groups in total. The minimum absolute atomic E-state index is 0. The normalized spacial score (nSPS) is 32.8. The Labute approximate surface area is 104 Å². The molecule has 2 rings (SSSR count). The van der Waals surface area contributed by atoms with Crippen LogP contribution in [-0.2, 0) is 12.6 Å². The van der Waals surface area contributed by atoms with Gasteiger partial charge in [-0.25, -0.2) is 0 Å². The molecule has 2 bridgehead atoms. The third-order valence-electron chi connectivity index (χ3n) is 1.30. The molecule has 0 aliphatic carbocycles. The molecule has 0 aromatic carbocycles. The van der Waals surface area contributed by atoms with E-state index in [1.54, 1.807) is 0 Å². The molecule has 0 aromatic rings. The standard InChI is InChI=1S/C4H6O4S2.Na.Sb/c5-3(6)1(9)2(10)4(7)8;;/h1-2,9-10H,(H,5,6)(H,7,8);;/q;+1;+3/p-4. The first-order chi connectivity index (χ1) is 5.18. The molecular weight excluding hydrogens is 321 g/mol. The van der Waals surface area contributed by atoms with E-state index >= 15 is 0 Å². The van der Waals surface area contributed by atoms with E-state index < -0.39 is 34.3 Å². The van der Waals surface area contributed by atoms with Crippen LogP contribution < -0.4 is 34.7 Å². The Morgan fingerprint density at radius 2 is 2.25 bits per heavy atom. The van der Waals surface area contributed by atoms with Crippen molar-refractivity contribution in [1.29, 1.82) is 0 Å². The number of aliphatic carboxylic acids is 1. The average Bonchev–Trinajstić information content (AvgIpc) is 2.43. The number of hydrogen-bond acceptors (Lipinski definition) is 6. The second-order valence-corrected chi connectivity index (χ2v) is 14.9. The van der Waals surface area contributed by atoms with Gasteiger partial charge in [0.25, 0.3) is 0 Å². The van der Waals surface area contributed by atoms with E-state index in [-0.39, 0.29) is 35.5 Å². The summed E-state index contributed by atoms with van der Waals surface area (Å²) in [5.74, 6) is -1.47. The van der Waals surface area contributed by atoms with Crippen LogP contribution in [0.25, 0.3) is 0 Å². The average molecular weight is 323 g/mol. The molecular formula is C4H2NaO4S2Sb. The summed E-state index contributed by atoms with van der Waals surface area (Å²) >= 11 is -2.00. The van der Waals surface area contributed by atoms with Gasteiger partial charge in [-0.05, 0) is 0 Å². The van der Waals surface area contributed by atoms with Crippen LogP contribution in [0.5, 0.6) is 0 Å². The fraction of sp³-hybridized carbons (Fsp3) is 0.500. The zero-order chi connectivity index (χ0) is 8.01. The smallest absolute Gasteiger partial charge is 1.00 e. The van der Waals surface area contributed by atoms with Crippen LogP contribution in [0.15, 0.2) is 0 Å². The summed E-state index contributed by atoms with van der Waals surface area (Å²) in [4.78, 5) is 21.3. The molecule has 2 atom stereocenters. The van der Waals surface area contributed by atoms with Gasteiger partial charge in [-0.3, -0.25) is 0 Å². The fourth-order valence-electron chi connectivity index (χ4n) is 0.823. The third-order valence-corrected chi connectivity index (χ3v) is 15.4. The molecule has 0 aromatic heterocycles. The van der Waals surface area contributed by atoms with Crippen molar-refractivity contribution in [3.63, 3.8) is 0 Å². The summed E-state index contributed by atoms with van der Waals surface area (Å²) in [5, 5.41) is 9.31. The van der Waals surface area contributed by atoms with Crippen LogP contribution in [0.4, 0.5) is 0 Å². The molecule has 2 aliphatic heterocycles. The first-order valence-corrected chi connectivity index (χ1v) is 11.7. The van der Waals surface area contributed by atoms with Gasteiger partial charge in [0.1, 0.15) is 0 Å². The molecule has 0 saturated carbocycles. The molecule has 4 nitrogen and oxygen atoms in total. The van der Waals surface area contributed by atoms with Gasteiger partial charge in [0.15, 0.2) is 0 Å². The van der Waals surface area contributed by atoms with Gasteiger partial charge in [0, 0.05) is 0 Å². The number of carboxylic acids is 1. The number of rotatable bonds is 1. The SMILES string of the molecule is O=C([O-])C1[S][Sb]2[O]C(=O)C1[S]2.[Na+]. The Bertz CT molecular complexity index is 237. The number of fused-ring (bicyclic) bond motifs is 2. The Kier molecular flexibility index (Phi) is 4.15. The molecule has 60 valence electrons. The van der Waals surface area contributed by atoms with Gasteiger partial charge in [0.2, 0.25) is 0 Å². The molecule has 12 heavy (non-hydrogen) atoms. The van der Waals surface area contributed by atoms with Crippen molar-refractivity contribution < 1.29 is 47.3 Å². The van der Waals surface area contributed by atoms with Crippen LogP contribution in [0, 0.1) is 0 Å². The number of carbonyl (C=O) groups is 2. The Morgan fingerprint density at radius 3 is 2.58 bits per heavy atom. The van der Waals surface area contributed by atoms with Gasteiger partial charge in [-0.15, -0.1) is 0 Å². The topological polar surface area (TPSA) is 66.4 Å². The fourth-order valence-corrected chi connectivity index (χ4v) is 18.4. The monoisotopic (exact) mass is 322 g/mol. The largest absolute Gasteiger partial charge is 1.00 e. The maximum absolute atomic E-state index is 10.8. The first kappa shape index (κ1) is 11.5. The van der Waals surface area contributed by atoms with Crippen LogP contribution >= 0.6 is 17.7 Å². The van der Waals surface area contributed by atoms with E-state index in [4.69, 9.17) is 3.02 Å². The number of carbonyl (C=O) groups excluding carboxylic acids is 2. The number of hydrogen-bond donors (Lipinski definition) is 0. The van der Waals surface area contributed by atoms with Crippen molar-refractivity contribution >= 4 is 47.5 Å². The van der Waals surface area contributed by atoms with Crippen LogP contribution in [-0.4, -0.2) is 40.3 Å². The van der Waals surface area contributed by atoms with Crippen molar-refractivity contribution in [2.75, 3.05) is 0 Å². The zero-order valence-electron chi connectivity index (χ0n) is 6.05. The quantitative estimate of drug-likeness (QED) is 0.453. The second kappa shape index (κ2) is 4.32. The molecule has 0 spiro atoms. The van der Waals surface area contributed by atoms with Crippen molar-refractivity contribution in [2.24, 2.45) is 0 Å². The van der Waals surface area contributed by atoms with E-state index in [2.05, 4.69) is 0 Å². The van der Waals surface area contributed by atoms with Crippen molar-refractivity contribution in [1.82, 2.24) is 0 Å². The Morgan fingerprint density at radius 1 is 1.58 bits per heavy atom. The van der Waals surface area contributed by atoms with Gasteiger partial charge < -0.3 is 0 Å². The van der Waals surface area contributed by atoms with E-state index in [0.717, 1.165) is 0 Å². The third kappa shape index (κ3) is 1.93. The summed E-state index contributed by atoms with van der Waals surface area (Å²) in [7, 11) is 2.74. The molecule has 2 saturated heterocycles. The van der Waals surface area contributed by atoms with Gasteiger partial charge >= 0.3 is 105 Å². The van der Waals surface area contributed by atoms with Crippen LogP contribution in [0.2, 0.25) is 0 Å².